The van der Waals surface area contributed by atoms with Crippen LogP contribution in [0.15, 0.2) is 12.5 Å². The fourth-order valence-electron chi connectivity index (χ4n) is 2.73. The summed E-state index contributed by atoms with van der Waals surface area (Å²) in [4.78, 5) is 4.31. The van der Waals surface area contributed by atoms with Crippen molar-refractivity contribution in [2.24, 2.45) is 5.92 Å². The number of ether oxygens (including phenoxy) is 1. The zero-order chi connectivity index (χ0) is 13.8. The Labute approximate surface area is 116 Å². The van der Waals surface area contributed by atoms with Crippen LogP contribution < -0.4 is 5.32 Å². The van der Waals surface area contributed by atoms with E-state index < -0.39 is 0 Å². The van der Waals surface area contributed by atoms with Crippen molar-refractivity contribution < 1.29 is 4.74 Å². The van der Waals surface area contributed by atoms with E-state index in [9.17, 15) is 0 Å². The SMILES string of the molecule is CC(C)NCC1CCCOC1c1cncn1C(C)C. The topological polar surface area (TPSA) is 39.1 Å². The largest absolute Gasteiger partial charge is 0.372 e. The van der Waals surface area contributed by atoms with Gasteiger partial charge in [0.05, 0.1) is 18.2 Å². The summed E-state index contributed by atoms with van der Waals surface area (Å²) < 4.78 is 8.29. The summed E-state index contributed by atoms with van der Waals surface area (Å²) in [5, 5.41) is 3.55. The molecule has 0 aromatic carbocycles. The highest BCUT2D eigenvalue weighted by Crippen LogP contribution is 2.34. The van der Waals surface area contributed by atoms with Gasteiger partial charge < -0.3 is 14.6 Å². The monoisotopic (exact) mass is 265 g/mol. The van der Waals surface area contributed by atoms with Crippen molar-refractivity contribution in [3.8, 4) is 0 Å². The second kappa shape index (κ2) is 6.53. The fourth-order valence-corrected chi connectivity index (χ4v) is 2.73. The van der Waals surface area contributed by atoms with Gasteiger partial charge >= 0.3 is 0 Å². The Kier molecular flexibility index (Phi) is 4.99. The van der Waals surface area contributed by atoms with Crippen molar-refractivity contribution >= 4 is 0 Å². The van der Waals surface area contributed by atoms with Crippen molar-refractivity contribution in [1.29, 1.82) is 0 Å². The van der Waals surface area contributed by atoms with E-state index in [0.29, 0.717) is 18.0 Å². The van der Waals surface area contributed by atoms with Crippen LogP contribution in [0.2, 0.25) is 0 Å². The summed E-state index contributed by atoms with van der Waals surface area (Å²) in [6.07, 6.45) is 6.47. The maximum Gasteiger partial charge on any atom is 0.103 e. The van der Waals surface area contributed by atoms with Crippen molar-refractivity contribution in [3.05, 3.63) is 18.2 Å². The first-order valence-electron chi connectivity index (χ1n) is 7.46. The summed E-state index contributed by atoms with van der Waals surface area (Å²) in [7, 11) is 0. The van der Waals surface area contributed by atoms with Gasteiger partial charge in [0.15, 0.2) is 0 Å². The van der Waals surface area contributed by atoms with Gasteiger partial charge in [-0.05, 0) is 26.7 Å². The maximum atomic E-state index is 6.06. The van der Waals surface area contributed by atoms with Crippen molar-refractivity contribution in [2.75, 3.05) is 13.2 Å². The second-order valence-electron chi connectivity index (χ2n) is 6.08. The van der Waals surface area contributed by atoms with Gasteiger partial charge in [-0.2, -0.15) is 0 Å². The first-order valence-corrected chi connectivity index (χ1v) is 7.46. The number of nitrogens with zero attached hydrogens (tertiary/aromatic N) is 2. The highest BCUT2D eigenvalue weighted by Gasteiger charge is 2.30. The maximum absolute atomic E-state index is 6.06. The highest BCUT2D eigenvalue weighted by atomic mass is 16.5. The molecule has 2 atom stereocenters. The summed E-state index contributed by atoms with van der Waals surface area (Å²) in [6, 6.07) is 0.958. The third kappa shape index (κ3) is 3.57. The molecule has 0 bridgehead atoms. The third-order valence-electron chi connectivity index (χ3n) is 3.78. The van der Waals surface area contributed by atoms with E-state index in [1.807, 2.05) is 12.5 Å². The molecule has 1 aliphatic rings. The minimum absolute atomic E-state index is 0.185. The van der Waals surface area contributed by atoms with Gasteiger partial charge in [0.2, 0.25) is 0 Å². The zero-order valence-corrected chi connectivity index (χ0v) is 12.6. The average Bonchev–Trinajstić information content (AvgIpc) is 2.85. The Bertz CT molecular complexity index is 386. The van der Waals surface area contributed by atoms with Crippen LogP contribution in [0.5, 0.6) is 0 Å². The molecule has 108 valence electrons. The molecule has 2 heterocycles. The van der Waals surface area contributed by atoms with E-state index in [1.165, 1.54) is 12.1 Å². The van der Waals surface area contributed by atoms with Crippen LogP contribution in [0.3, 0.4) is 0 Å². The van der Waals surface area contributed by atoms with Crippen molar-refractivity contribution in [1.82, 2.24) is 14.9 Å². The average molecular weight is 265 g/mol. The smallest absolute Gasteiger partial charge is 0.103 e. The summed E-state index contributed by atoms with van der Waals surface area (Å²) in [5.74, 6) is 0.547. The molecule has 19 heavy (non-hydrogen) atoms. The molecule has 2 rings (SSSR count). The molecular weight excluding hydrogens is 238 g/mol. The predicted molar refractivity (Wildman–Crippen MR) is 77.2 cm³/mol. The molecule has 0 aliphatic carbocycles. The normalized spacial score (nSPS) is 24.3. The molecule has 0 amide bonds. The lowest BCUT2D eigenvalue weighted by Crippen LogP contribution is -2.35. The van der Waals surface area contributed by atoms with E-state index in [1.54, 1.807) is 0 Å². The van der Waals surface area contributed by atoms with Crippen LogP contribution in [0.25, 0.3) is 0 Å². The highest BCUT2D eigenvalue weighted by molar-refractivity contribution is 5.07. The Morgan fingerprint density at radius 3 is 2.89 bits per heavy atom. The van der Waals surface area contributed by atoms with E-state index in [2.05, 4.69) is 42.6 Å². The standard InChI is InChI=1S/C15H27N3O/c1-11(2)17-8-13-6-5-7-19-15(13)14-9-16-10-18(14)12(3)4/h9-13,15,17H,5-8H2,1-4H3. The Morgan fingerprint density at radius 1 is 1.42 bits per heavy atom. The lowest BCUT2D eigenvalue weighted by Gasteiger charge is -2.33. The zero-order valence-electron chi connectivity index (χ0n) is 12.6. The summed E-state index contributed by atoms with van der Waals surface area (Å²) in [6.45, 7) is 10.6. The first kappa shape index (κ1) is 14.5. The molecule has 1 aromatic heterocycles. The number of hydrogen-bond donors (Lipinski definition) is 1. The van der Waals surface area contributed by atoms with Gasteiger partial charge in [0, 0.05) is 31.2 Å². The molecule has 1 saturated heterocycles. The molecule has 1 fully saturated rings. The Morgan fingerprint density at radius 2 is 2.21 bits per heavy atom. The van der Waals surface area contributed by atoms with Crippen LogP contribution in [-0.4, -0.2) is 28.7 Å². The third-order valence-corrected chi connectivity index (χ3v) is 3.78. The quantitative estimate of drug-likeness (QED) is 0.889. The number of imidazole rings is 1. The van der Waals surface area contributed by atoms with Gasteiger partial charge in [-0.25, -0.2) is 4.98 Å². The number of hydrogen-bond acceptors (Lipinski definition) is 3. The summed E-state index contributed by atoms with van der Waals surface area (Å²) >= 11 is 0. The molecule has 1 N–H and O–H groups in total. The molecule has 4 nitrogen and oxygen atoms in total. The molecule has 0 spiro atoms. The minimum Gasteiger partial charge on any atom is -0.372 e. The van der Waals surface area contributed by atoms with Crippen LogP contribution in [-0.2, 0) is 4.74 Å². The molecule has 1 aliphatic heterocycles. The second-order valence-corrected chi connectivity index (χ2v) is 6.08. The van der Waals surface area contributed by atoms with Crippen LogP contribution in [0, 0.1) is 5.92 Å². The lowest BCUT2D eigenvalue weighted by molar-refractivity contribution is -0.0330. The van der Waals surface area contributed by atoms with E-state index >= 15 is 0 Å². The molecule has 1 aromatic rings. The number of aromatic nitrogens is 2. The molecular formula is C15H27N3O. The van der Waals surface area contributed by atoms with Gasteiger partial charge in [0.25, 0.3) is 0 Å². The van der Waals surface area contributed by atoms with Gasteiger partial charge in [-0.3, -0.25) is 0 Å². The molecule has 4 heteroatoms. The van der Waals surface area contributed by atoms with Gasteiger partial charge in [0.1, 0.15) is 6.10 Å². The Hall–Kier alpha value is -0.870. The van der Waals surface area contributed by atoms with E-state index in [0.717, 1.165) is 19.6 Å². The molecule has 2 unspecified atom stereocenters. The van der Waals surface area contributed by atoms with Gasteiger partial charge in [-0.15, -0.1) is 0 Å². The number of nitrogens with one attached hydrogen (secondary N) is 1. The van der Waals surface area contributed by atoms with Crippen LogP contribution in [0.4, 0.5) is 0 Å². The van der Waals surface area contributed by atoms with E-state index in [4.69, 9.17) is 4.74 Å². The van der Waals surface area contributed by atoms with E-state index in [-0.39, 0.29) is 6.10 Å². The van der Waals surface area contributed by atoms with Crippen molar-refractivity contribution in [2.45, 2.75) is 58.7 Å². The Balaban J connectivity index is 2.12. The van der Waals surface area contributed by atoms with Crippen LogP contribution >= 0.6 is 0 Å². The minimum atomic E-state index is 0.185. The fraction of sp³-hybridized carbons (Fsp3) is 0.800. The first-order chi connectivity index (χ1) is 9.09. The molecule has 0 saturated carbocycles. The van der Waals surface area contributed by atoms with Crippen LogP contribution in [0.1, 0.15) is 58.4 Å². The van der Waals surface area contributed by atoms with Crippen molar-refractivity contribution in [3.63, 3.8) is 0 Å². The van der Waals surface area contributed by atoms with Gasteiger partial charge in [-0.1, -0.05) is 13.8 Å². The number of rotatable bonds is 5. The molecule has 0 radical (unpaired) electrons. The summed E-state index contributed by atoms with van der Waals surface area (Å²) in [5.41, 5.74) is 1.23. The lowest BCUT2D eigenvalue weighted by atomic mass is 9.92. The predicted octanol–water partition coefficient (Wildman–Crippen LogP) is 2.93.